The van der Waals surface area contributed by atoms with E-state index in [-0.39, 0.29) is 16.7 Å². The van der Waals surface area contributed by atoms with Crippen LogP contribution in [-0.4, -0.2) is 34.0 Å². The first kappa shape index (κ1) is 20.4. The molecule has 0 aromatic heterocycles. The molecule has 0 radical (unpaired) electrons. The van der Waals surface area contributed by atoms with Gasteiger partial charge in [-0.2, -0.15) is 4.72 Å². The van der Waals surface area contributed by atoms with Gasteiger partial charge in [0.05, 0.1) is 12.0 Å². The van der Waals surface area contributed by atoms with Crippen LogP contribution >= 0.6 is 0 Å². The first-order valence-corrected chi connectivity index (χ1v) is 9.58. The first-order chi connectivity index (χ1) is 11.2. The van der Waals surface area contributed by atoms with E-state index in [1.807, 2.05) is 27.7 Å². The molecule has 0 aliphatic carbocycles. The molecule has 1 amide bonds. The Labute approximate surface area is 145 Å². The number of nitrogens with one attached hydrogen (secondary N) is 2. The molecule has 1 atom stereocenters. The molecule has 0 saturated carbocycles. The van der Waals surface area contributed by atoms with Gasteiger partial charge in [-0.05, 0) is 42.5 Å². The monoisotopic (exact) mass is 356 g/mol. The molecule has 1 aromatic rings. The summed E-state index contributed by atoms with van der Waals surface area (Å²) in [4.78, 5) is 12.4. The fourth-order valence-corrected chi connectivity index (χ4v) is 3.33. The number of hydrogen-bond donors (Lipinski definition) is 2. The molecule has 0 aliphatic heterocycles. The summed E-state index contributed by atoms with van der Waals surface area (Å²) in [7, 11) is -2.27. The number of sulfonamides is 1. The van der Waals surface area contributed by atoms with Crippen molar-refractivity contribution < 1.29 is 17.9 Å². The molecule has 2 N–H and O–H groups in total. The maximum Gasteiger partial charge on any atom is 0.241 e. The number of benzene rings is 1. The highest BCUT2D eigenvalue weighted by molar-refractivity contribution is 7.89. The van der Waals surface area contributed by atoms with Crippen LogP contribution in [-0.2, 0) is 14.8 Å². The maximum absolute atomic E-state index is 12.5. The third kappa shape index (κ3) is 6.49. The van der Waals surface area contributed by atoms with Crippen molar-refractivity contribution in [1.82, 2.24) is 10.0 Å². The van der Waals surface area contributed by atoms with Crippen LogP contribution in [0.25, 0.3) is 0 Å². The van der Waals surface area contributed by atoms with E-state index >= 15 is 0 Å². The standard InChI is InChI=1S/C17H28N2O4S/c1-12(2)10-16(17(20)18-11-13(3)4)19-24(21,22)15-8-6-14(23-5)7-9-15/h6-9,12-13,16,19H,10-11H2,1-5H3,(H,18,20). The molecule has 0 saturated heterocycles. The zero-order chi connectivity index (χ0) is 18.3. The average molecular weight is 356 g/mol. The number of methoxy groups -OCH3 is 1. The van der Waals surface area contributed by atoms with E-state index in [1.54, 1.807) is 12.1 Å². The Morgan fingerprint density at radius 2 is 1.67 bits per heavy atom. The summed E-state index contributed by atoms with van der Waals surface area (Å²) in [5, 5.41) is 2.79. The quantitative estimate of drug-likeness (QED) is 0.710. The largest absolute Gasteiger partial charge is 0.497 e. The van der Waals surface area contributed by atoms with Crippen molar-refractivity contribution in [2.75, 3.05) is 13.7 Å². The highest BCUT2D eigenvalue weighted by Crippen LogP contribution is 2.17. The summed E-state index contributed by atoms with van der Waals surface area (Å²) < 4.78 is 32.6. The molecular weight excluding hydrogens is 328 g/mol. The second kappa shape index (κ2) is 9.03. The SMILES string of the molecule is COc1ccc(S(=O)(=O)NC(CC(C)C)C(=O)NCC(C)C)cc1. The summed E-state index contributed by atoms with van der Waals surface area (Å²) in [5.41, 5.74) is 0. The molecule has 0 heterocycles. The van der Waals surface area contributed by atoms with Crippen LogP contribution < -0.4 is 14.8 Å². The molecule has 1 unspecified atom stereocenters. The lowest BCUT2D eigenvalue weighted by atomic mass is 10.0. The average Bonchev–Trinajstić information content (AvgIpc) is 2.51. The van der Waals surface area contributed by atoms with Crippen LogP contribution in [0.4, 0.5) is 0 Å². The van der Waals surface area contributed by atoms with Crippen LogP contribution in [0.1, 0.15) is 34.1 Å². The summed E-state index contributed by atoms with van der Waals surface area (Å²) in [6.45, 7) is 8.38. The van der Waals surface area contributed by atoms with Gasteiger partial charge in [0.2, 0.25) is 15.9 Å². The maximum atomic E-state index is 12.5. The van der Waals surface area contributed by atoms with Gasteiger partial charge >= 0.3 is 0 Å². The molecule has 0 bridgehead atoms. The van der Waals surface area contributed by atoms with Crippen LogP contribution in [0, 0.1) is 11.8 Å². The highest BCUT2D eigenvalue weighted by Gasteiger charge is 2.26. The molecule has 0 fully saturated rings. The number of hydrogen-bond acceptors (Lipinski definition) is 4. The van der Waals surface area contributed by atoms with Crippen LogP contribution in [0.5, 0.6) is 5.75 Å². The minimum absolute atomic E-state index is 0.105. The Morgan fingerprint density at radius 1 is 1.08 bits per heavy atom. The Balaban J connectivity index is 2.91. The molecule has 0 aliphatic rings. The predicted molar refractivity (Wildman–Crippen MR) is 94.4 cm³/mol. The van der Waals surface area contributed by atoms with Crippen molar-refractivity contribution in [2.24, 2.45) is 11.8 Å². The summed E-state index contributed by atoms with van der Waals surface area (Å²) in [6, 6.07) is 5.27. The lowest BCUT2D eigenvalue weighted by molar-refractivity contribution is -0.123. The molecule has 7 heteroatoms. The van der Waals surface area contributed by atoms with E-state index in [4.69, 9.17) is 4.74 Å². The number of amides is 1. The van der Waals surface area contributed by atoms with Crippen LogP contribution in [0.3, 0.4) is 0 Å². The fourth-order valence-electron chi connectivity index (χ4n) is 2.12. The second-order valence-electron chi connectivity index (χ2n) is 6.62. The van der Waals surface area contributed by atoms with Crippen molar-refractivity contribution in [1.29, 1.82) is 0 Å². The zero-order valence-corrected chi connectivity index (χ0v) is 15.8. The van der Waals surface area contributed by atoms with Gasteiger partial charge in [-0.1, -0.05) is 27.7 Å². The molecule has 1 rings (SSSR count). The lowest BCUT2D eigenvalue weighted by Gasteiger charge is -2.21. The fraction of sp³-hybridized carbons (Fsp3) is 0.588. The van der Waals surface area contributed by atoms with Crippen LogP contribution in [0.15, 0.2) is 29.2 Å². The van der Waals surface area contributed by atoms with E-state index in [0.29, 0.717) is 24.6 Å². The number of ether oxygens (including phenoxy) is 1. The number of rotatable bonds is 9. The van der Waals surface area contributed by atoms with Crippen molar-refractivity contribution in [2.45, 2.75) is 45.1 Å². The number of carbonyl (C=O) groups excluding carboxylic acids is 1. The van der Waals surface area contributed by atoms with Gasteiger partial charge in [-0.3, -0.25) is 4.79 Å². The topological polar surface area (TPSA) is 84.5 Å². The summed E-state index contributed by atoms with van der Waals surface area (Å²) >= 11 is 0. The summed E-state index contributed by atoms with van der Waals surface area (Å²) in [5.74, 6) is 0.752. The van der Waals surface area contributed by atoms with Gasteiger partial charge in [0.25, 0.3) is 0 Å². The zero-order valence-electron chi connectivity index (χ0n) is 15.0. The van der Waals surface area contributed by atoms with Gasteiger partial charge in [-0.15, -0.1) is 0 Å². The van der Waals surface area contributed by atoms with E-state index in [1.165, 1.54) is 19.2 Å². The third-order valence-corrected chi connectivity index (χ3v) is 4.86. The molecular formula is C17H28N2O4S. The van der Waals surface area contributed by atoms with Gasteiger partial charge < -0.3 is 10.1 Å². The molecule has 136 valence electrons. The smallest absolute Gasteiger partial charge is 0.241 e. The molecule has 6 nitrogen and oxygen atoms in total. The third-order valence-electron chi connectivity index (χ3n) is 3.38. The van der Waals surface area contributed by atoms with Crippen molar-refractivity contribution >= 4 is 15.9 Å². The van der Waals surface area contributed by atoms with Crippen LogP contribution in [0.2, 0.25) is 0 Å². The van der Waals surface area contributed by atoms with Crippen molar-refractivity contribution in [3.05, 3.63) is 24.3 Å². The minimum atomic E-state index is -3.78. The Hall–Kier alpha value is -1.60. The molecule has 1 aromatic carbocycles. The normalized spacial score (nSPS) is 13.1. The van der Waals surface area contributed by atoms with Gasteiger partial charge in [0, 0.05) is 6.54 Å². The van der Waals surface area contributed by atoms with E-state index in [9.17, 15) is 13.2 Å². The Kier molecular flexibility index (Phi) is 7.69. The van der Waals surface area contributed by atoms with Gasteiger partial charge in [-0.25, -0.2) is 8.42 Å². The van der Waals surface area contributed by atoms with Crippen molar-refractivity contribution in [3.63, 3.8) is 0 Å². The van der Waals surface area contributed by atoms with Gasteiger partial charge in [0.15, 0.2) is 0 Å². The molecule has 0 spiro atoms. The van der Waals surface area contributed by atoms with Gasteiger partial charge in [0.1, 0.15) is 11.8 Å². The second-order valence-corrected chi connectivity index (χ2v) is 8.33. The predicted octanol–water partition coefficient (Wildman–Crippen LogP) is 2.16. The Morgan fingerprint density at radius 3 is 2.12 bits per heavy atom. The van der Waals surface area contributed by atoms with Crippen molar-refractivity contribution in [3.8, 4) is 5.75 Å². The first-order valence-electron chi connectivity index (χ1n) is 8.09. The number of carbonyl (C=O) groups is 1. The summed E-state index contributed by atoms with van der Waals surface area (Å²) in [6.07, 6.45) is 0.430. The van der Waals surface area contributed by atoms with E-state index < -0.39 is 16.1 Å². The molecule has 24 heavy (non-hydrogen) atoms. The lowest BCUT2D eigenvalue weighted by Crippen LogP contribution is -2.48. The Bertz CT molecular complexity index is 624. The van der Waals surface area contributed by atoms with E-state index in [0.717, 1.165) is 0 Å². The van der Waals surface area contributed by atoms with E-state index in [2.05, 4.69) is 10.0 Å². The highest BCUT2D eigenvalue weighted by atomic mass is 32.2. The minimum Gasteiger partial charge on any atom is -0.497 e.